The van der Waals surface area contributed by atoms with Crippen LogP contribution in [0.1, 0.15) is 126 Å². The van der Waals surface area contributed by atoms with E-state index in [1.54, 1.807) is 26.0 Å². The first-order chi connectivity index (χ1) is 39.3. The molecule has 0 unspecified atom stereocenters. The molecule has 4 aliphatic carbocycles. The fraction of sp³-hybridized carbons (Fsp3) is 0.778. The molecule has 26 heteroatoms. The molecule has 2 aromatic heterocycles. The summed E-state index contributed by atoms with van der Waals surface area (Å²) in [7, 11) is 22.4. The van der Waals surface area contributed by atoms with Crippen LogP contribution in [0.25, 0.3) is 0 Å². The van der Waals surface area contributed by atoms with Crippen molar-refractivity contribution in [1.29, 1.82) is 0 Å². The Bertz CT molecular complexity index is 1890. The first kappa shape index (κ1) is 71.9. The molecule has 8 rings (SSSR count). The number of thioether (sulfide) groups is 2. The van der Waals surface area contributed by atoms with Gasteiger partial charge in [0, 0.05) is 156 Å². The van der Waals surface area contributed by atoms with E-state index in [1.165, 1.54) is 119 Å². The first-order valence-electron chi connectivity index (χ1n) is 28.9. The topological polar surface area (TPSA) is 237 Å². The molecule has 0 saturated heterocycles. The van der Waals surface area contributed by atoms with Gasteiger partial charge in [-0.3, -0.25) is 9.97 Å². The van der Waals surface area contributed by atoms with E-state index in [0.29, 0.717) is 87.7 Å². The van der Waals surface area contributed by atoms with Gasteiger partial charge in [-0.05, 0) is 75.6 Å². The van der Waals surface area contributed by atoms with Crippen molar-refractivity contribution in [1.82, 2.24) is 63.1 Å². The van der Waals surface area contributed by atoms with Gasteiger partial charge in [0.15, 0.2) is 0 Å². The van der Waals surface area contributed by atoms with Gasteiger partial charge in [0.2, 0.25) is 6.08 Å². The monoisotopic (exact) mass is 1320 g/mol. The number of nitrogens with zero attached hydrogens (tertiary/aromatic N) is 3. The first-order valence-corrected chi connectivity index (χ1v) is 37.3. The number of carbonyl (C=O) groups is 1. The SMILES string of the molecule is COCCN=C=O.COCCNC(=O)NCCSc1cc2nc(c1)CN[C@@H]1CCCC[C@H]1NCCN[C@@H]1CCCC[C@H]1NC2.NCCSc1cc2nc(c1)CN[C@@H]1CCCC[C@H]1NCCN[C@@H]1CCCC[C@H]1NC2.[Cl][Mn][Cl].[Cl][Mn][Cl]. The zero-order valence-corrected chi connectivity index (χ0v) is 54.2. The number of ether oxygens (including phenoxy) is 2. The van der Waals surface area contributed by atoms with E-state index in [1.807, 2.05) is 11.8 Å². The Hall–Kier alpha value is -0.591. The Labute approximate surface area is 516 Å². The van der Waals surface area contributed by atoms with Crippen molar-refractivity contribution < 1.29 is 45.3 Å². The molecule has 2 amide bonds. The number of aromatic nitrogens is 2. The van der Waals surface area contributed by atoms with Crippen LogP contribution in [-0.2, 0) is 66.7 Å². The standard InChI is InChI=1S/C27H47N7O2S.C23H40N6S.C4H7NO2.4ClH.2Mn/c1-36-14-12-30-27(35)31-13-15-37-22-16-20-18-32-25-8-4-2-6-23(25)28-10-11-29-24-7-3-5-9-26(24)33-19-21(17-22)34-20;24-9-12-30-19-13-17-15-27-22-7-3-1-5-20(22)25-10-11-26-21-6-2-4-8-23(21)28-16-18(14-19)29-17;1-7-3-2-5-4-6;;;;;;/h16-17,23-26,28-29,32-33H,2-15,18-19H2,1H3,(H2,30,31,35);13-14,20-23,25-28H,1-12,15-16,24H2;2-3H2,1H3;4*1H;;/q;;;;;;;2*+2/p-4/t23-,24-,25-,26-;20-,21-,22-,23-;;;;;;;/m11......./s1. The summed E-state index contributed by atoms with van der Waals surface area (Å²) in [5, 5.41) is 36.4. The molecule has 4 fully saturated rings. The molecule has 6 aliphatic rings. The molecule has 2 aliphatic heterocycles. The Morgan fingerprint density at radius 3 is 1.19 bits per heavy atom. The van der Waals surface area contributed by atoms with Crippen LogP contribution in [0.2, 0.25) is 0 Å². The Kier molecular flexibility index (Phi) is 41.9. The van der Waals surface area contributed by atoms with E-state index in [-0.39, 0.29) is 32.3 Å². The van der Waals surface area contributed by atoms with Crippen molar-refractivity contribution >= 4 is 76.0 Å². The summed E-state index contributed by atoms with van der Waals surface area (Å²) in [4.78, 5) is 37.0. The van der Waals surface area contributed by atoms with Crippen LogP contribution in [0.3, 0.4) is 0 Å². The normalized spacial score (nSPS) is 25.3. The summed E-state index contributed by atoms with van der Waals surface area (Å²) in [6.45, 7) is 10.7. The van der Waals surface area contributed by atoms with Gasteiger partial charge in [0.25, 0.3) is 0 Å². The van der Waals surface area contributed by atoms with Crippen LogP contribution in [0.15, 0.2) is 39.0 Å². The number of pyridine rings is 2. The van der Waals surface area contributed by atoms with Gasteiger partial charge < -0.3 is 68.4 Å². The number of aliphatic imine (C=N–C) groups is 1. The minimum absolute atomic E-state index is 0.00694. The number of fused-ring (bicyclic) bond motifs is 8. The van der Waals surface area contributed by atoms with Gasteiger partial charge in [0.1, 0.15) is 0 Å². The number of hydrogen-bond acceptors (Lipinski definition) is 18. The number of nitrogens with two attached hydrogens (primary N) is 1. The fourth-order valence-corrected chi connectivity index (χ4v) is 12.9. The molecule has 4 saturated carbocycles. The van der Waals surface area contributed by atoms with Crippen molar-refractivity contribution in [2.45, 2.75) is 187 Å². The number of carbonyl (C=O) groups excluding carboxylic acids is 2. The molecular formula is C54H94Cl4Mn2N14O4S2. The van der Waals surface area contributed by atoms with Gasteiger partial charge in [-0.1, -0.05) is 51.4 Å². The van der Waals surface area contributed by atoms with Gasteiger partial charge in [0.05, 0.1) is 42.5 Å². The van der Waals surface area contributed by atoms with E-state index in [4.69, 9.17) is 60.8 Å². The molecular weight excluding hydrogens is 1220 g/mol. The average molecular weight is 1320 g/mol. The number of urea groups is 1. The van der Waals surface area contributed by atoms with Crippen LogP contribution in [-0.4, -0.2) is 162 Å². The van der Waals surface area contributed by atoms with E-state index in [2.05, 4.69) is 87.2 Å². The van der Waals surface area contributed by atoms with E-state index >= 15 is 0 Å². The van der Waals surface area contributed by atoms with E-state index in [9.17, 15) is 9.59 Å². The molecule has 0 aromatic carbocycles. The Balaban J connectivity index is 0.000000286. The second kappa shape index (κ2) is 46.6. The maximum absolute atomic E-state index is 11.9. The van der Waals surface area contributed by atoms with Gasteiger partial charge in [-0.25, -0.2) is 14.6 Å². The van der Waals surface area contributed by atoms with Crippen molar-refractivity contribution in [3.63, 3.8) is 0 Å². The summed E-state index contributed by atoms with van der Waals surface area (Å²) >= 11 is 3.64. The molecule has 80 heavy (non-hydrogen) atoms. The second-order valence-corrected chi connectivity index (χ2v) is 26.9. The molecule has 18 nitrogen and oxygen atoms in total. The summed E-state index contributed by atoms with van der Waals surface area (Å²) < 4.78 is 9.54. The van der Waals surface area contributed by atoms with Gasteiger partial charge in [-0.15, -0.1) is 23.5 Å². The van der Waals surface area contributed by atoms with E-state index < -0.39 is 0 Å². The number of rotatable bonds is 13. The summed E-state index contributed by atoms with van der Waals surface area (Å²) in [6.07, 6.45) is 21.9. The number of nitrogens with one attached hydrogen (secondary N) is 10. The average Bonchev–Trinajstić information content (AvgIpc) is 3.48. The molecule has 0 radical (unpaired) electrons. The number of hydrogen-bond donors (Lipinski definition) is 11. The van der Waals surface area contributed by atoms with Crippen LogP contribution < -0.4 is 58.9 Å². The quantitative estimate of drug-likeness (QED) is 0.0320. The predicted octanol–water partition coefficient (Wildman–Crippen LogP) is 6.96. The zero-order valence-electron chi connectivity index (χ0n) is 47.2. The predicted molar refractivity (Wildman–Crippen MR) is 324 cm³/mol. The molecule has 12 N–H and O–H groups in total. The van der Waals surface area contributed by atoms with Crippen LogP contribution in [0, 0.1) is 0 Å². The minimum atomic E-state index is -0.147. The van der Waals surface area contributed by atoms with Crippen molar-refractivity contribution in [2.75, 3.05) is 91.3 Å². The summed E-state index contributed by atoms with van der Waals surface area (Å²) in [5.74, 6) is 1.76. The number of methoxy groups -OCH3 is 2. The second-order valence-electron chi connectivity index (χ2n) is 20.6. The maximum atomic E-state index is 11.9. The van der Waals surface area contributed by atoms with Crippen LogP contribution in [0.4, 0.5) is 4.79 Å². The zero-order chi connectivity index (χ0) is 57.3. The Morgan fingerprint density at radius 1 is 0.562 bits per heavy atom. The van der Waals surface area contributed by atoms with Gasteiger partial charge in [-0.2, -0.15) is 0 Å². The van der Waals surface area contributed by atoms with Crippen LogP contribution >= 0.6 is 63.9 Å². The molecule has 8 atom stereocenters. The van der Waals surface area contributed by atoms with E-state index in [0.717, 1.165) is 86.6 Å². The molecule has 458 valence electrons. The third-order valence-corrected chi connectivity index (χ3v) is 17.0. The Morgan fingerprint density at radius 2 is 0.875 bits per heavy atom. The molecule has 0 spiro atoms. The van der Waals surface area contributed by atoms with Gasteiger partial charge >= 0.3 is 72.7 Å². The number of halogens is 4. The molecule has 2 aromatic rings. The molecule has 4 bridgehead atoms. The summed E-state index contributed by atoms with van der Waals surface area (Å²) in [6, 6.07) is 13.0. The fourth-order valence-electron chi connectivity index (χ4n) is 11.2. The summed E-state index contributed by atoms with van der Waals surface area (Å²) in [5.41, 5.74) is 10.3. The number of isocyanates is 1. The van der Waals surface area contributed by atoms with Crippen molar-refractivity contribution in [3.05, 3.63) is 47.0 Å². The van der Waals surface area contributed by atoms with Crippen molar-refractivity contribution in [2.24, 2.45) is 10.7 Å². The van der Waals surface area contributed by atoms with Crippen molar-refractivity contribution in [3.8, 4) is 0 Å². The molecule has 4 heterocycles. The van der Waals surface area contributed by atoms with Crippen LogP contribution in [0.5, 0.6) is 0 Å². The third-order valence-electron chi connectivity index (χ3n) is 15.0. The number of amides is 2. The third kappa shape index (κ3) is 30.7.